The molecule has 2 N–H and O–H groups in total. The SMILES string of the molecule is CC1[C@@H](c2cc(C(F)(F)F)cc(C(F)(F)F)c2)OC(=O)N1Cc1cc(O)ccc1CCC(I)C1CCC(CC(=O)O)CC1. The quantitative estimate of drug-likeness (QED) is 0.154. The molecule has 2 aromatic carbocycles. The Bertz CT molecular complexity index is 1290. The Morgan fingerprint density at radius 2 is 1.60 bits per heavy atom. The van der Waals surface area contributed by atoms with Crippen LogP contribution in [0.25, 0.3) is 0 Å². The molecule has 6 nitrogen and oxygen atoms in total. The summed E-state index contributed by atoms with van der Waals surface area (Å²) in [5.41, 5.74) is -1.94. The van der Waals surface area contributed by atoms with Gasteiger partial charge in [0.2, 0.25) is 0 Å². The minimum absolute atomic E-state index is 0.0316. The monoisotopic (exact) mass is 727 g/mol. The van der Waals surface area contributed by atoms with Crippen LogP contribution >= 0.6 is 22.6 Å². The fourth-order valence-electron chi connectivity index (χ4n) is 6.02. The first kappa shape index (κ1) is 33.2. The average molecular weight is 727 g/mol. The molecule has 1 heterocycles. The third-order valence-corrected chi connectivity index (χ3v) is 10.1. The lowest BCUT2D eigenvalue weighted by atomic mass is 9.78. The van der Waals surface area contributed by atoms with E-state index in [2.05, 4.69) is 22.6 Å². The molecule has 3 atom stereocenters. The number of amides is 1. The summed E-state index contributed by atoms with van der Waals surface area (Å²) in [4.78, 5) is 25.1. The van der Waals surface area contributed by atoms with Gasteiger partial charge in [-0.1, -0.05) is 28.7 Å². The van der Waals surface area contributed by atoms with Crippen molar-refractivity contribution in [1.82, 2.24) is 4.90 Å². The number of hydrogen-bond acceptors (Lipinski definition) is 4. The topological polar surface area (TPSA) is 87.1 Å². The molecule has 43 heavy (non-hydrogen) atoms. The van der Waals surface area contributed by atoms with Gasteiger partial charge in [-0.3, -0.25) is 9.69 Å². The summed E-state index contributed by atoms with van der Waals surface area (Å²) >= 11 is 2.41. The number of rotatable bonds is 9. The Labute approximate surface area is 258 Å². The molecule has 2 aliphatic rings. The minimum Gasteiger partial charge on any atom is -0.508 e. The van der Waals surface area contributed by atoms with Crippen LogP contribution in [0.2, 0.25) is 0 Å². The first-order valence-electron chi connectivity index (χ1n) is 14.0. The van der Waals surface area contributed by atoms with Crippen molar-refractivity contribution >= 4 is 34.7 Å². The first-order chi connectivity index (χ1) is 20.0. The molecule has 1 saturated heterocycles. The number of cyclic esters (lactones) is 1. The van der Waals surface area contributed by atoms with Crippen molar-refractivity contribution in [3.05, 3.63) is 64.2 Å². The molecule has 236 valence electrons. The van der Waals surface area contributed by atoms with Crippen molar-refractivity contribution in [2.45, 2.75) is 86.8 Å². The number of nitrogens with zero attached hydrogens (tertiary/aromatic N) is 1. The summed E-state index contributed by atoms with van der Waals surface area (Å²) < 4.78 is 86.2. The van der Waals surface area contributed by atoms with Gasteiger partial charge in [0.05, 0.1) is 17.2 Å². The number of phenolic OH excluding ortho intramolecular Hbond substituents is 1. The van der Waals surface area contributed by atoms with Crippen molar-refractivity contribution in [3.63, 3.8) is 0 Å². The molecule has 4 rings (SSSR count). The van der Waals surface area contributed by atoms with Gasteiger partial charge in [-0.15, -0.1) is 0 Å². The molecule has 13 heteroatoms. The van der Waals surface area contributed by atoms with Crippen molar-refractivity contribution in [1.29, 1.82) is 0 Å². The van der Waals surface area contributed by atoms with E-state index in [0.29, 0.717) is 34.0 Å². The number of phenols is 1. The Hall–Kier alpha value is -2.71. The van der Waals surface area contributed by atoms with Crippen LogP contribution in [0.5, 0.6) is 5.75 Å². The lowest BCUT2D eigenvalue weighted by Crippen LogP contribution is -2.32. The number of halogens is 7. The summed E-state index contributed by atoms with van der Waals surface area (Å²) in [6.07, 6.45) is -7.11. The zero-order chi connectivity index (χ0) is 31.7. The Morgan fingerprint density at radius 3 is 2.16 bits per heavy atom. The smallest absolute Gasteiger partial charge is 0.416 e. The Balaban J connectivity index is 1.48. The van der Waals surface area contributed by atoms with Crippen LogP contribution in [0.1, 0.15) is 79.4 Å². The largest absolute Gasteiger partial charge is 0.508 e. The van der Waals surface area contributed by atoms with E-state index in [9.17, 15) is 41.0 Å². The number of aromatic hydroxyl groups is 1. The lowest BCUT2D eigenvalue weighted by molar-refractivity contribution is -0.143. The fourth-order valence-corrected chi connectivity index (χ4v) is 7.05. The van der Waals surface area contributed by atoms with Crippen LogP contribution in [-0.4, -0.2) is 37.1 Å². The van der Waals surface area contributed by atoms with E-state index in [0.717, 1.165) is 37.7 Å². The zero-order valence-corrected chi connectivity index (χ0v) is 25.4. The zero-order valence-electron chi connectivity index (χ0n) is 23.2. The van der Waals surface area contributed by atoms with Gasteiger partial charge in [0.1, 0.15) is 11.9 Å². The van der Waals surface area contributed by atoms with Crippen molar-refractivity contribution < 1.29 is 50.9 Å². The predicted molar refractivity (Wildman–Crippen MR) is 153 cm³/mol. The summed E-state index contributed by atoms with van der Waals surface area (Å²) in [7, 11) is 0. The highest BCUT2D eigenvalue weighted by molar-refractivity contribution is 14.1. The number of alkyl halides is 7. The summed E-state index contributed by atoms with van der Waals surface area (Å²) in [5, 5.41) is 19.2. The number of aryl methyl sites for hydroxylation is 1. The second kappa shape index (κ2) is 13.1. The van der Waals surface area contributed by atoms with Crippen molar-refractivity contribution in [2.75, 3.05) is 0 Å². The molecule has 0 bridgehead atoms. The number of ether oxygens (including phenoxy) is 1. The highest BCUT2D eigenvalue weighted by Gasteiger charge is 2.43. The average Bonchev–Trinajstić information content (AvgIpc) is 3.19. The number of carbonyl (C=O) groups is 2. The summed E-state index contributed by atoms with van der Waals surface area (Å²) in [6.45, 7) is 1.44. The summed E-state index contributed by atoms with van der Waals surface area (Å²) in [5.74, 6) is -0.193. The molecule has 1 aliphatic carbocycles. The maximum absolute atomic E-state index is 13.4. The number of carbonyl (C=O) groups excluding carboxylic acids is 1. The highest BCUT2D eigenvalue weighted by atomic mass is 127. The van der Waals surface area contributed by atoms with E-state index in [4.69, 9.17) is 9.84 Å². The van der Waals surface area contributed by atoms with E-state index >= 15 is 0 Å². The normalized spacial score (nSPS) is 23.7. The molecule has 2 unspecified atom stereocenters. The number of benzene rings is 2. The van der Waals surface area contributed by atoms with Gasteiger partial charge in [-0.25, -0.2) is 4.79 Å². The fraction of sp³-hybridized carbons (Fsp3) is 0.533. The molecule has 1 amide bonds. The third-order valence-electron chi connectivity index (χ3n) is 8.42. The van der Waals surface area contributed by atoms with Gasteiger partial charge in [0.25, 0.3) is 0 Å². The van der Waals surface area contributed by atoms with E-state index in [-0.39, 0.29) is 30.7 Å². The molecular weight excluding hydrogens is 695 g/mol. The van der Waals surface area contributed by atoms with Crippen molar-refractivity contribution in [2.24, 2.45) is 11.8 Å². The van der Waals surface area contributed by atoms with Crippen LogP contribution in [0.3, 0.4) is 0 Å². The Kier molecular flexibility index (Phi) is 10.1. The van der Waals surface area contributed by atoms with E-state index in [1.807, 2.05) is 0 Å². The lowest BCUT2D eigenvalue weighted by Gasteiger charge is -2.31. The van der Waals surface area contributed by atoms with Crippen LogP contribution in [0, 0.1) is 11.8 Å². The Morgan fingerprint density at radius 1 is 1.00 bits per heavy atom. The molecule has 0 spiro atoms. The number of hydrogen-bond donors (Lipinski definition) is 2. The van der Waals surface area contributed by atoms with Crippen LogP contribution in [0.15, 0.2) is 36.4 Å². The maximum Gasteiger partial charge on any atom is 0.416 e. The molecular formula is C30H32F6INO5. The molecule has 1 saturated carbocycles. The molecule has 2 fully saturated rings. The number of carboxylic acids is 1. The van der Waals surface area contributed by atoms with Gasteiger partial charge in [0, 0.05) is 16.9 Å². The van der Waals surface area contributed by atoms with Crippen molar-refractivity contribution in [3.8, 4) is 5.75 Å². The van der Waals surface area contributed by atoms with E-state index < -0.39 is 53.3 Å². The molecule has 0 radical (unpaired) electrons. The van der Waals surface area contributed by atoms with Gasteiger partial charge < -0.3 is 14.9 Å². The van der Waals surface area contributed by atoms with Crippen LogP contribution < -0.4 is 0 Å². The second-order valence-electron chi connectivity index (χ2n) is 11.4. The van der Waals surface area contributed by atoms with Gasteiger partial charge in [0.15, 0.2) is 0 Å². The first-order valence-corrected chi connectivity index (χ1v) is 15.2. The number of aliphatic carboxylic acids is 1. The highest BCUT2D eigenvalue weighted by Crippen LogP contribution is 2.42. The maximum atomic E-state index is 13.4. The van der Waals surface area contributed by atoms with E-state index in [1.54, 1.807) is 6.07 Å². The third kappa shape index (κ3) is 8.27. The van der Waals surface area contributed by atoms with Crippen LogP contribution in [-0.2, 0) is 34.8 Å². The second-order valence-corrected chi connectivity index (χ2v) is 13.0. The molecule has 0 aromatic heterocycles. The summed E-state index contributed by atoms with van der Waals surface area (Å²) in [6, 6.07) is 5.03. The predicted octanol–water partition coefficient (Wildman–Crippen LogP) is 8.53. The van der Waals surface area contributed by atoms with E-state index in [1.165, 1.54) is 24.0 Å². The van der Waals surface area contributed by atoms with Gasteiger partial charge in [-0.05, 0) is 104 Å². The molecule has 2 aromatic rings. The van der Waals surface area contributed by atoms with Gasteiger partial charge >= 0.3 is 24.4 Å². The minimum atomic E-state index is -5.04. The van der Waals surface area contributed by atoms with Crippen LogP contribution in [0.4, 0.5) is 31.1 Å². The number of carboxylic acid groups (broad SMARTS) is 1. The standard InChI is InChI=1S/C30H32F6INO5/c1-16-27(20-11-22(29(31,32)33)14-23(12-20)30(34,35)36)43-28(42)38(16)15-21-13-24(39)8-6-18(21)7-9-25(37)19-4-2-17(3-5-19)10-26(40)41/h6,8,11-14,16-17,19,25,27,39H,2-5,7,9-10,15H2,1H3,(H,40,41)/t16?,17?,19?,25?,27-/m0/s1. The van der Waals surface area contributed by atoms with Gasteiger partial charge in [-0.2, -0.15) is 26.3 Å². The molecule has 1 aliphatic heterocycles.